The fourth-order valence-corrected chi connectivity index (χ4v) is 1.61. The minimum atomic E-state index is -0.519. The molecule has 0 fully saturated rings. The number of hydrogen-bond donors (Lipinski definition) is 0. The summed E-state index contributed by atoms with van der Waals surface area (Å²) in [7, 11) is 1.41. The van der Waals surface area contributed by atoms with Gasteiger partial charge in [-0.3, -0.25) is 4.79 Å². The Kier molecular flexibility index (Phi) is 4.83. The number of carbonyl (C=O) groups is 2. The van der Waals surface area contributed by atoms with Crippen LogP contribution in [0.25, 0.3) is 0 Å². The van der Waals surface area contributed by atoms with E-state index in [0.717, 1.165) is 6.07 Å². The molecule has 0 N–H and O–H groups in total. The average molecular weight is 253 g/mol. The minimum absolute atomic E-state index is 0.0316. The lowest BCUT2D eigenvalue weighted by molar-refractivity contribution is -0.108. The molecule has 0 saturated carbocycles. The maximum absolute atomic E-state index is 13.2. The number of methoxy groups -OCH3 is 1. The van der Waals surface area contributed by atoms with Crippen molar-refractivity contribution in [2.24, 2.45) is 0 Å². The molecule has 0 aliphatic carbocycles. The number of amides is 1. The lowest BCUT2D eigenvalue weighted by Crippen LogP contribution is -2.38. The summed E-state index contributed by atoms with van der Waals surface area (Å²) in [4.78, 5) is 24.2. The van der Waals surface area contributed by atoms with E-state index >= 15 is 0 Å². The number of aldehydes is 1. The number of ether oxygens (including phenoxy) is 1. The van der Waals surface area contributed by atoms with Crippen LogP contribution >= 0.6 is 0 Å². The molecule has 5 heteroatoms. The normalized spacial score (nSPS) is 10.3. The number of halogens is 1. The number of carbonyl (C=O) groups excluding carboxylic acids is 2. The molecule has 4 nitrogen and oxygen atoms in total. The summed E-state index contributed by atoms with van der Waals surface area (Å²) >= 11 is 0. The van der Waals surface area contributed by atoms with Crippen LogP contribution in [0.5, 0.6) is 5.75 Å². The summed E-state index contributed by atoms with van der Waals surface area (Å²) in [6, 6.07) is 3.56. The lowest BCUT2D eigenvalue weighted by atomic mass is 10.1. The van der Waals surface area contributed by atoms with E-state index in [1.807, 2.05) is 0 Å². The highest BCUT2D eigenvalue weighted by molar-refractivity contribution is 5.98. The Labute approximate surface area is 105 Å². The molecule has 98 valence electrons. The lowest BCUT2D eigenvalue weighted by Gasteiger charge is -2.25. The van der Waals surface area contributed by atoms with Crippen LogP contribution in [0.1, 0.15) is 24.2 Å². The predicted octanol–water partition coefficient (Wildman–Crippen LogP) is 1.88. The van der Waals surface area contributed by atoms with Gasteiger partial charge in [-0.15, -0.1) is 0 Å². The molecule has 0 atom stereocenters. The fourth-order valence-electron chi connectivity index (χ4n) is 1.61. The number of benzene rings is 1. The molecule has 0 bridgehead atoms. The Hall–Kier alpha value is -1.91. The number of hydrogen-bond acceptors (Lipinski definition) is 3. The van der Waals surface area contributed by atoms with Gasteiger partial charge in [0.15, 0.2) is 0 Å². The monoisotopic (exact) mass is 253 g/mol. The maximum atomic E-state index is 13.2. The third-order valence-corrected chi connectivity index (χ3v) is 2.55. The third-order valence-electron chi connectivity index (χ3n) is 2.55. The highest BCUT2D eigenvalue weighted by Gasteiger charge is 2.22. The van der Waals surface area contributed by atoms with E-state index in [2.05, 4.69) is 0 Å². The predicted molar refractivity (Wildman–Crippen MR) is 65.2 cm³/mol. The Morgan fingerprint density at radius 1 is 1.50 bits per heavy atom. The number of nitrogens with zero attached hydrogens (tertiary/aromatic N) is 1. The summed E-state index contributed by atoms with van der Waals surface area (Å²) in [5.74, 6) is -0.652. The average Bonchev–Trinajstić information content (AvgIpc) is 2.34. The van der Waals surface area contributed by atoms with Gasteiger partial charge in [-0.05, 0) is 32.0 Å². The Morgan fingerprint density at radius 2 is 2.17 bits per heavy atom. The first-order valence-corrected chi connectivity index (χ1v) is 5.59. The second kappa shape index (κ2) is 6.14. The molecule has 1 aromatic carbocycles. The SMILES string of the molecule is COc1ccc(F)cc1C(=O)N(CC=O)C(C)C. The van der Waals surface area contributed by atoms with E-state index < -0.39 is 11.7 Å². The first-order valence-electron chi connectivity index (χ1n) is 5.59. The van der Waals surface area contributed by atoms with Gasteiger partial charge in [-0.1, -0.05) is 0 Å². The zero-order chi connectivity index (χ0) is 13.7. The molecule has 1 rings (SSSR count). The van der Waals surface area contributed by atoms with Crippen LogP contribution in [-0.2, 0) is 4.79 Å². The smallest absolute Gasteiger partial charge is 0.258 e. The molecule has 18 heavy (non-hydrogen) atoms. The first kappa shape index (κ1) is 14.2. The van der Waals surface area contributed by atoms with Gasteiger partial charge in [0.2, 0.25) is 0 Å². The van der Waals surface area contributed by atoms with Gasteiger partial charge in [0.05, 0.1) is 19.2 Å². The van der Waals surface area contributed by atoms with Gasteiger partial charge in [0.25, 0.3) is 5.91 Å². The van der Waals surface area contributed by atoms with Crippen molar-refractivity contribution in [2.75, 3.05) is 13.7 Å². The summed E-state index contributed by atoms with van der Waals surface area (Å²) < 4.78 is 18.2. The van der Waals surface area contributed by atoms with E-state index in [9.17, 15) is 14.0 Å². The molecule has 0 unspecified atom stereocenters. The molecule has 0 spiro atoms. The van der Waals surface area contributed by atoms with Crippen molar-refractivity contribution in [1.82, 2.24) is 4.90 Å². The molecule has 0 aliphatic heterocycles. The van der Waals surface area contributed by atoms with Crippen molar-refractivity contribution in [3.8, 4) is 5.75 Å². The van der Waals surface area contributed by atoms with Crippen LogP contribution in [0.15, 0.2) is 18.2 Å². The molecular formula is C13H16FNO3. The van der Waals surface area contributed by atoms with Crippen LogP contribution < -0.4 is 4.74 Å². The highest BCUT2D eigenvalue weighted by atomic mass is 19.1. The fraction of sp³-hybridized carbons (Fsp3) is 0.385. The molecule has 1 aromatic rings. The Morgan fingerprint density at radius 3 is 2.67 bits per heavy atom. The van der Waals surface area contributed by atoms with Gasteiger partial charge >= 0.3 is 0 Å². The topological polar surface area (TPSA) is 46.6 Å². The third kappa shape index (κ3) is 3.06. The first-order chi connectivity index (χ1) is 8.51. The largest absolute Gasteiger partial charge is 0.496 e. The summed E-state index contributed by atoms with van der Waals surface area (Å²) in [6.07, 6.45) is 0.643. The van der Waals surface area contributed by atoms with Crippen molar-refractivity contribution >= 4 is 12.2 Å². The molecular weight excluding hydrogens is 237 g/mol. The molecule has 0 heterocycles. The van der Waals surface area contributed by atoms with E-state index in [0.29, 0.717) is 6.29 Å². The maximum Gasteiger partial charge on any atom is 0.258 e. The standard InChI is InChI=1S/C13H16FNO3/c1-9(2)15(6-7-16)13(17)11-8-10(14)4-5-12(11)18-3/h4-5,7-9H,6H2,1-3H3. The van der Waals surface area contributed by atoms with Gasteiger partial charge < -0.3 is 14.4 Å². The van der Waals surface area contributed by atoms with E-state index in [4.69, 9.17) is 4.74 Å². The van der Waals surface area contributed by atoms with Crippen molar-refractivity contribution in [1.29, 1.82) is 0 Å². The summed E-state index contributed by atoms with van der Waals surface area (Å²) in [5.41, 5.74) is 0.119. The van der Waals surface area contributed by atoms with Crippen LogP contribution in [0.2, 0.25) is 0 Å². The van der Waals surface area contributed by atoms with E-state index in [-0.39, 0.29) is 23.9 Å². The van der Waals surface area contributed by atoms with Crippen molar-refractivity contribution in [3.63, 3.8) is 0 Å². The zero-order valence-electron chi connectivity index (χ0n) is 10.6. The quantitative estimate of drug-likeness (QED) is 0.753. The molecule has 0 aliphatic rings. The van der Waals surface area contributed by atoms with Gasteiger partial charge in [0.1, 0.15) is 17.9 Å². The van der Waals surface area contributed by atoms with Gasteiger partial charge in [-0.2, -0.15) is 0 Å². The van der Waals surface area contributed by atoms with Crippen molar-refractivity contribution in [3.05, 3.63) is 29.6 Å². The molecule has 0 saturated heterocycles. The molecule has 0 radical (unpaired) electrons. The van der Waals surface area contributed by atoms with Crippen molar-refractivity contribution < 1.29 is 18.7 Å². The second-order valence-electron chi connectivity index (χ2n) is 4.06. The van der Waals surface area contributed by atoms with Gasteiger partial charge in [-0.25, -0.2) is 4.39 Å². The zero-order valence-corrected chi connectivity index (χ0v) is 10.6. The minimum Gasteiger partial charge on any atom is -0.496 e. The van der Waals surface area contributed by atoms with Crippen LogP contribution in [-0.4, -0.2) is 36.8 Å². The van der Waals surface area contributed by atoms with E-state index in [1.165, 1.54) is 24.1 Å². The van der Waals surface area contributed by atoms with E-state index in [1.54, 1.807) is 13.8 Å². The number of rotatable bonds is 5. The summed E-state index contributed by atoms with van der Waals surface area (Å²) in [6.45, 7) is 3.54. The van der Waals surface area contributed by atoms with Gasteiger partial charge in [0, 0.05) is 6.04 Å². The Balaban J connectivity index is 3.14. The second-order valence-corrected chi connectivity index (χ2v) is 4.06. The Bertz CT molecular complexity index is 446. The van der Waals surface area contributed by atoms with Crippen LogP contribution in [0, 0.1) is 5.82 Å². The van der Waals surface area contributed by atoms with Crippen LogP contribution in [0.3, 0.4) is 0 Å². The highest BCUT2D eigenvalue weighted by Crippen LogP contribution is 2.21. The molecule has 0 aromatic heterocycles. The molecule has 1 amide bonds. The van der Waals surface area contributed by atoms with Crippen LogP contribution in [0.4, 0.5) is 4.39 Å². The van der Waals surface area contributed by atoms with Crippen molar-refractivity contribution in [2.45, 2.75) is 19.9 Å². The summed E-state index contributed by atoms with van der Waals surface area (Å²) in [5, 5.41) is 0.